The Bertz CT molecular complexity index is 1000. The minimum absolute atomic E-state index is 0.0936. The molecule has 1 aliphatic heterocycles. The van der Waals surface area contributed by atoms with Gasteiger partial charge < -0.3 is 5.32 Å². The molecule has 142 valence electrons. The number of nitrogens with zero attached hydrogens (tertiary/aromatic N) is 1. The van der Waals surface area contributed by atoms with Crippen molar-refractivity contribution in [1.82, 2.24) is 10.0 Å². The monoisotopic (exact) mass is 391 g/mol. The Morgan fingerprint density at radius 1 is 1.19 bits per heavy atom. The Balaban J connectivity index is 1.89. The first-order valence-electron chi connectivity index (χ1n) is 8.50. The minimum Gasteiger partial charge on any atom is -0.315 e. The van der Waals surface area contributed by atoms with Crippen molar-refractivity contribution in [2.75, 3.05) is 13.1 Å². The van der Waals surface area contributed by atoms with Crippen molar-refractivity contribution >= 4 is 10.0 Å². The van der Waals surface area contributed by atoms with E-state index in [0.29, 0.717) is 36.2 Å². The number of hydrogen-bond acceptors (Lipinski definition) is 4. The maximum absolute atomic E-state index is 13.6. The molecular formula is C19H19F2N3O2S. The molecule has 27 heavy (non-hydrogen) atoms. The van der Waals surface area contributed by atoms with Crippen LogP contribution in [0.4, 0.5) is 8.78 Å². The van der Waals surface area contributed by atoms with Crippen molar-refractivity contribution in [1.29, 1.82) is 5.26 Å². The predicted octanol–water partition coefficient (Wildman–Crippen LogP) is 2.57. The van der Waals surface area contributed by atoms with Crippen molar-refractivity contribution in [3.8, 4) is 6.07 Å². The second-order valence-corrected chi connectivity index (χ2v) is 8.28. The van der Waals surface area contributed by atoms with Gasteiger partial charge in [0.05, 0.1) is 16.5 Å². The number of piperidine rings is 1. The normalized spacial score (nSPS) is 20.2. The Kier molecular flexibility index (Phi) is 5.56. The van der Waals surface area contributed by atoms with Crippen LogP contribution in [-0.2, 0) is 10.0 Å². The predicted molar refractivity (Wildman–Crippen MR) is 96.6 cm³/mol. The number of benzene rings is 2. The van der Waals surface area contributed by atoms with Crippen molar-refractivity contribution in [3.63, 3.8) is 0 Å². The summed E-state index contributed by atoms with van der Waals surface area (Å²) in [5, 5.41) is 12.1. The maximum Gasteiger partial charge on any atom is 0.241 e. The van der Waals surface area contributed by atoms with E-state index < -0.39 is 27.7 Å². The van der Waals surface area contributed by atoms with E-state index in [1.165, 1.54) is 24.3 Å². The summed E-state index contributed by atoms with van der Waals surface area (Å²) in [7, 11) is -3.84. The highest BCUT2D eigenvalue weighted by atomic mass is 32.2. The van der Waals surface area contributed by atoms with Crippen LogP contribution in [0.1, 0.15) is 29.0 Å². The number of aryl methyl sites for hydroxylation is 1. The van der Waals surface area contributed by atoms with Crippen LogP contribution in [-0.4, -0.2) is 27.5 Å². The Hall–Kier alpha value is -2.34. The number of nitriles is 1. The molecule has 0 amide bonds. The molecule has 1 heterocycles. The molecule has 3 rings (SSSR count). The van der Waals surface area contributed by atoms with Gasteiger partial charge in [-0.2, -0.15) is 5.26 Å². The lowest BCUT2D eigenvalue weighted by molar-refractivity contribution is 0.376. The summed E-state index contributed by atoms with van der Waals surface area (Å²) >= 11 is 0. The van der Waals surface area contributed by atoms with E-state index in [1.54, 1.807) is 6.92 Å². The molecule has 1 saturated heterocycles. The fraction of sp³-hybridized carbons (Fsp3) is 0.316. The van der Waals surface area contributed by atoms with Crippen molar-refractivity contribution in [2.24, 2.45) is 0 Å². The van der Waals surface area contributed by atoms with E-state index in [4.69, 9.17) is 5.26 Å². The van der Waals surface area contributed by atoms with Gasteiger partial charge in [0.1, 0.15) is 0 Å². The molecule has 0 saturated carbocycles. The third-order valence-electron chi connectivity index (χ3n) is 4.75. The first-order valence-corrected chi connectivity index (χ1v) is 9.99. The Labute approximate surface area is 157 Å². The molecule has 2 aromatic rings. The molecular weight excluding hydrogens is 372 g/mol. The summed E-state index contributed by atoms with van der Waals surface area (Å²) < 4.78 is 55.3. The SMILES string of the molecule is Cc1cc(C#N)ccc1S(=O)(=O)NC1CNCCC1c1ccc(F)c(F)c1. The Morgan fingerprint density at radius 2 is 1.96 bits per heavy atom. The molecule has 0 aliphatic carbocycles. The van der Waals surface area contributed by atoms with Gasteiger partial charge in [-0.05, 0) is 61.3 Å². The van der Waals surface area contributed by atoms with Gasteiger partial charge in [0.15, 0.2) is 11.6 Å². The van der Waals surface area contributed by atoms with E-state index in [1.807, 2.05) is 6.07 Å². The van der Waals surface area contributed by atoms with Gasteiger partial charge in [-0.3, -0.25) is 0 Å². The summed E-state index contributed by atoms with van der Waals surface area (Å²) in [6.45, 7) is 2.65. The van der Waals surface area contributed by atoms with Crippen LogP contribution in [0.3, 0.4) is 0 Å². The van der Waals surface area contributed by atoms with Gasteiger partial charge in [0.25, 0.3) is 0 Å². The molecule has 2 atom stereocenters. The molecule has 0 radical (unpaired) electrons. The number of sulfonamides is 1. The molecule has 0 aromatic heterocycles. The maximum atomic E-state index is 13.6. The zero-order valence-electron chi connectivity index (χ0n) is 14.7. The second kappa shape index (κ2) is 7.72. The smallest absolute Gasteiger partial charge is 0.241 e. The van der Waals surface area contributed by atoms with Crippen molar-refractivity contribution < 1.29 is 17.2 Å². The first-order chi connectivity index (χ1) is 12.8. The van der Waals surface area contributed by atoms with Gasteiger partial charge in [0, 0.05) is 18.5 Å². The van der Waals surface area contributed by atoms with Crippen molar-refractivity contribution in [2.45, 2.75) is 30.2 Å². The van der Waals surface area contributed by atoms with Crippen LogP contribution in [0.2, 0.25) is 0 Å². The van der Waals surface area contributed by atoms with E-state index in [2.05, 4.69) is 10.0 Å². The fourth-order valence-electron chi connectivity index (χ4n) is 3.41. The molecule has 2 aromatic carbocycles. The van der Waals surface area contributed by atoms with E-state index in [0.717, 1.165) is 12.1 Å². The highest BCUT2D eigenvalue weighted by Crippen LogP contribution is 2.28. The molecule has 0 spiro atoms. The first kappa shape index (κ1) is 19.4. The lowest BCUT2D eigenvalue weighted by Crippen LogP contribution is -2.50. The van der Waals surface area contributed by atoms with Gasteiger partial charge in [-0.25, -0.2) is 21.9 Å². The third kappa shape index (κ3) is 4.16. The van der Waals surface area contributed by atoms with E-state index in [-0.39, 0.29) is 10.8 Å². The van der Waals surface area contributed by atoms with E-state index >= 15 is 0 Å². The topological polar surface area (TPSA) is 82.0 Å². The number of nitrogens with one attached hydrogen (secondary N) is 2. The number of rotatable bonds is 4. The lowest BCUT2D eigenvalue weighted by Gasteiger charge is -2.33. The van der Waals surface area contributed by atoms with Gasteiger partial charge in [-0.15, -0.1) is 0 Å². The van der Waals surface area contributed by atoms with Crippen LogP contribution in [0, 0.1) is 29.9 Å². The minimum atomic E-state index is -3.84. The summed E-state index contributed by atoms with van der Waals surface area (Å²) in [5.41, 5.74) is 1.40. The van der Waals surface area contributed by atoms with Crippen LogP contribution in [0.15, 0.2) is 41.3 Å². The van der Waals surface area contributed by atoms with Crippen LogP contribution in [0.5, 0.6) is 0 Å². The highest BCUT2D eigenvalue weighted by molar-refractivity contribution is 7.89. The standard InChI is InChI=1S/C19H19F2N3O2S/c1-12-8-13(10-22)2-5-19(12)27(25,26)24-18-11-23-7-6-15(18)14-3-4-16(20)17(21)9-14/h2-5,8-9,15,18,23-24H,6-7,11H2,1H3. The average Bonchev–Trinajstić information content (AvgIpc) is 2.64. The molecule has 0 bridgehead atoms. The summed E-state index contributed by atoms with van der Waals surface area (Å²) in [5.74, 6) is -2.16. The zero-order valence-corrected chi connectivity index (χ0v) is 15.5. The molecule has 2 unspecified atom stereocenters. The van der Waals surface area contributed by atoms with Gasteiger partial charge >= 0.3 is 0 Å². The van der Waals surface area contributed by atoms with Gasteiger partial charge in [-0.1, -0.05) is 6.07 Å². The summed E-state index contributed by atoms with van der Waals surface area (Å²) in [6, 6.07) is 9.50. The molecule has 5 nitrogen and oxygen atoms in total. The van der Waals surface area contributed by atoms with Crippen molar-refractivity contribution in [3.05, 3.63) is 64.7 Å². The molecule has 8 heteroatoms. The van der Waals surface area contributed by atoms with Crippen LogP contribution < -0.4 is 10.0 Å². The zero-order chi connectivity index (χ0) is 19.6. The highest BCUT2D eigenvalue weighted by Gasteiger charge is 2.31. The number of halogens is 2. The largest absolute Gasteiger partial charge is 0.315 e. The third-order valence-corrected chi connectivity index (χ3v) is 6.40. The van der Waals surface area contributed by atoms with Crippen LogP contribution in [0.25, 0.3) is 0 Å². The van der Waals surface area contributed by atoms with Gasteiger partial charge in [0.2, 0.25) is 10.0 Å². The van der Waals surface area contributed by atoms with E-state index in [9.17, 15) is 17.2 Å². The number of hydrogen-bond donors (Lipinski definition) is 2. The lowest BCUT2D eigenvalue weighted by atomic mass is 9.86. The second-order valence-electron chi connectivity index (χ2n) is 6.59. The summed E-state index contributed by atoms with van der Waals surface area (Å²) in [6.07, 6.45) is 0.588. The fourth-order valence-corrected chi connectivity index (χ4v) is 4.91. The molecule has 1 fully saturated rings. The Morgan fingerprint density at radius 3 is 2.63 bits per heavy atom. The molecule has 1 aliphatic rings. The summed E-state index contributed by atoms with van der Waals surface area (Å²) in [4.78, 5) is 0.0936. The molecule has 2 N–H and O–H groups in total. The quantitative estimate of drug-likeness (QED) is 0.839. The van der Waals surface area contributed by atoms with Crippen LogP contribution >= 0.6 is 0 Å². The average molecular weight is 391 g/mol.